The van der Waals surface area contributed by atoms with Crippen LogP contribution in [0.4, 0.5) is 0 Å². The summed E-state index contributed by atoms with van der Waals surface area (Å²) in [7, 11) is 1.61. The Hall–Kier alpha value is -1.98. The highest BCUT2D eigenvalue weighted by molar-refractivity contribution is 6.39. The van der Waals surface area contributed by atoms with Crippen LogP contribution in [0.3, 0.4) is 0 Å². The van der Waals surface area contributed by atoms with Crippen LogP contribution in [0.1, 0.15) is 22.5 Å². The van der Waals surface area contributed by atoms with E-state index in [1.807, 2.05) is 25.1 Å². The number of amides is 1. The third-order valence-corrected chi connectivity index (χ3v) is 4.76. The first-order chi connectivity index (χ1) is 11.5. The summed E-state index contributed by atoms with van der Waals surface area (Å²) in [6, 6.07) is 7.49. The minimum absolute atomic E-state index is 0.164. The van der Waals surface area contributed by atoms with E-state index in [-0.39, 0.29) is 5.91 Å². The van der Waals surface area contributed by atoms with Crippen LogP contribution < -0.4 is 4.74 Å². The molecule has 0 fully saturated rings. The fourth-order valence-corrected chi connectivity index (χ4v) is 2.97. The van der Waals surface area contributed by atoms with Gasteiger partial charge in [0.15, 0.2) is 5.69 Å². The SMILES string of the molecule is COc1ccc(C)cc1-n1ccc(C(=O)N2CCC(Cl)=C(Cl)C2)n1. The molecule has 126 valence electrons. The number of carbonyl (C=O) groups excluding carboxylic acids is 1. The Bertz CT molecular complexity index is 814. The number of benzene rings is 1. The topological polar surface area (TPSA) is 47.4 Å². The minimum atomic E-state index is -0.164. The first-order valence-corrected chi connectivity index (χ1v) is 8.28. The molecule has 1 aromatic heterocycles. The van der Waals surface area contributed by atoms with Crippen molar-refractivity contribution in [1.82, 2.24) is 14.7 Å². The number of rotatable bonds is 3. The molecule has 0 aliphatic carbocycles. The average molecular weight is 366 g/mol. The van der Waals surface area contributed by atoms with E-state index in [1.54, 1.807) is 29.0 Å². The number of methoxy groups -OCH3 is 1. The Balaban J connectivity index is 1.86. The molecule has 0 atom stereocenters. The smallest absolute Gasteiger partial charge is 0.274 e. The Morgan fingerprint density at radius 3 is 2.75 bits per heavy atom. The van der Waals surface area contributed by atoms with Gasteiger partial charge in [0.2, 0.25) is 0 Å². The van der Waals surface area contributed by atoms with Crippen LogP contribution in [0, 0.1) is 6.92 Å². The van der Waals surface area contributed by atoms with Crippen LogP contribution in [0.25, 0.3) is 5.69 Å². The van der Waals surface area contributed by atoms with Crippen LogP contribution in [0.15, 0.2) is 40.5 Å². The van der Waals surface area contributed by atoms with E-state index in [4.69, 9.17) is 27.9 Å². The molecule has 3 rings (SSSR count). The summed E-state index contributed by atoms with van der Waals surface area (Å²) >= 11 is 12.1. The maximum absolute atomic E-state index is 12.6. The highest BCUT2D eigenvalue weighted by atomic mass is 35.5. The second kappa shape index (κ2) is 6.87. The lowest BCUT2D eigenvalue weighted by Crippen LogP contribution is -2.36. The lowest BCUT2D eigenvalue weighted by molar-refractivity contribution is 0.0762. The molecule has 7 heteroatoms. The van der Waals surface area contributed by atoms with E-state index in [1.165, 1.54) is 0 Å². The summed E-state index contributed by atoms with van der Waals surface area (Å²) in [6.07, 6.45) is 2.32. The maximum atomic E-state index is 12.6. The summed E-state index contributed by atoms with van der Waals surface area (Å²) < 4.78 is 7.02. The van der Waals surface area contributed by atoms with Crippen molar-refractivity contribution < 1.29 is 9.53 Å². The standard InChI is InChI=1S/C17H17Cl2N3O2/c1-11-3-4-16(24-2)15(9-11)22-8-6-14(20-22)17(23)21-7-5-12(18)13(19)10-21/h3-4,6,8-9H,5,7,10H2,1-2H3. The maximum Gasteiger partial charge on any atom is 0.274 e. The zero-order valence-electron chi connectivity index (χ0n) is 13.4. The molecule has 2 heterocycles. The van der Waals surface area contributed by atoms with E-state index in [2.05, 4.69) is 5.10 Å². The van der Waals surface area contributed by atoms with Crippen LogP contribution in [-0.2, 0) is 0 Å². The van der Waals surface area contributed by atoms with Crippen LogP contribution in [-0.4, -0.2) is 40.8 Å². The summed E-state index contributed by atoms with van der Waals surface area (Å²) in [6.45, 7) is 2.85. The van der Waals surface area contributed by atoms with Crippen molar-refractivity contribution in [3.63, 3.8) is 0 Å². The fourth-order valence-electron chi connectivity index (χ4n) is 2.59. The van der Waals surface area contributed by atoms with Crippen molar-refractivity contribution >= 4 is 29.1 Å². The lowest BCUT2D eigenvalue weighted by atomic mass is 10.2. The Labute approximate surface area is 150 Å². The predicted octanol–water partition coefficient (Wildman–Crippen LogP) is 3.72. The number of hydrogen-bond donors (Lipinski definition) is 0. The zero-order valence-corrected chi connectivity index (χ0v) is 14.9. The van der Waals surface area contributed by atoms with Gasteiger partial charge < -0.3 is 9.64 Å². The zero-order chi connectivity index (χ0) is 17.3. The van der Waals surface area contributed by atoms with Crippen molar-refractivity contribution in [3.05, 3.63) is 51.8 Å². The molecule has 0 radical (unpaired) electrons. The highest BCUT2D eigenvalue weighted by Crippen LogP contribution is 2.26. The Kier molecular flexibility index (Phi) is 4.83. The summed E-state index contributed by atoms with van der Waals surface area (Å²) in [4.78, 5) is 14.3. The van der Waals surface area contributed by atoms with Gasteiger partial charge in [-0.2, -0.15) is 5.10 Å². The van der Waals surface area contributed by atoms with E-state index in [9.17, 15) is 4.79 Å². The molecule has 2 aromatic rings. The monoisotopic (exact) mass is 365 g/mol. The average Bonchev–Trinajstić information content (AvgIpc) is 3.06. The molecule has 5 nitrogen and oxygen atoms in total. The summed E-state index contributed by atoms with van der Waals surface area (Å²) in [5.74, 6) is 0.529. The van der Waals surface area contributed by atoms with Gasteiger partial charge >= 0.3 is 0 Å². The van der Waals surface area contributed by atoms with Gasteiger partial charge in [0.25, 0.3) is 5.91 Å². The second-order valence-corrected chi connectivity index (χ2v) is 6.52. The second-order valence-electron chi connectivity index (χ2n) is 5.61. The quantitative estimate of drug-likeness (QED) is 0.832. The summed E-state index contributed by atoms with van der Waals surface area (Å²) in [5, 5.41) is 5.53. The third kappa shape index (κ3) is 3.28. The number of halogens is 2. The van der Waals surface area contributed by atoms with Gasteiger partial charge in [-0.25, -0.2) is 4.68 Å². The van der Waals surface area contributed by atoms with Crippen LogP contribution >= 0.6 is 23.2 Å². The number of aryl methyl sites for hydroxylation is 1. The number of ether oxygens (including phenoxy) is 1. The fraction of sp³-hybridized carbons (Fsp3) is 0.294. The molecule has 1 aliphatic rings. The first-order valence-electron chi connectivity index (χ1n) is 7.52. The van der Waals surface area contributed by atoms with Gasteiger partial charge in [0, 0.05) is 24.2 Å². The molecule has 0 saturated carbocycles. The van der Waals surface area contributed by atoms with Gasteiger partial charge in [0.1, 0.15) is 11.4 Å². The molecule has 1 aromatic carbocycles. The van der Waals surface area contributed by atoms with Crippen LogP contribution in [0.5, 0.6) is 5.75 Å². The van der Waals surface area contributed by atoms with Gasteiger partial charge in [-0.15, -0.1) is 0 Å². The number of hydrogen-bond acceptors (Lipinski definition) is 3. The third-order valence-electron chi connectivity index (χ3n) is 3.90. The van der Waals surface area contributed by atoms with Crippen molar-refractivity contribution in [3.8, 4) is 11.4 Å². The number of nitrogens with zero attached hydrogens (tertiary/aromatic N) is 3. The minimum Gasteiger partial charge on any atom is -0.494 e. The molecule has 0 bridgehead atoms. The normalized spacial score (nSPS) is 14.9. The molecule has 1 aliphatic heterocycles. The van der Waals surface area contributed by atoms with E-state index in [0.29, 0.717) is 41.0 Å². The van der Waals surface area contributed by atoms with E-state index >= 15 is 0 Å². The van der Waals surface area contributed by atoms with Gasteiger partial charge in [-0.3, -0.25) is 4.79 Å². The van der Waals surface area contributed by atoms with Crippen molar-refractivity contribution in [1.29, 1.82) is 0 Å². The molecule has 1 amide bonds. The molecule has 24 heavy (non-hydrogen) atoms. The molecule has 0 saturated heterocycles. The molecular weight excluding hydrogens is 349 g/mol. The van der Waals surface area contributed by atoms with E-state index in [0.717, 1.165) is 11.3 Å². The lowest BCUT2D eigenvalue weighted by Gasteiger charge is -2.26. The largest absolute Gasteiger partial charge is 0.494 e. The van der Waals surface area contributed by atoms with Crippen LogP contribution in [0.2, 0.25) is 0 Å². The highest BCUT2D eigenvalue weighted by Gasteiger charge is 2.24. The Morgan fingerprint density at radius 2 is 2.04 bits per heavy atom. The van der Waals surface area contributed by atoms with Gasteiger partial charge in [-0.05, 0) is 30.7 Å². The Morgan fingerprint density at radius 1 is 1.25 bits per heavy atom. The summed E-state index contributed by atoms with van der Waals surface area (Å²) in [5.41, 5.74) is 2.23. The first kappa shape index (κ1) is 16.9. The van der Waals surface area contributed by atoms with E-state index < -0.39 is 0 Å². The molecule has 0 spiro atoms. The molecular formula is C17H17Cl2N3O2. The van der Waals surface area contributed by atoms with Crippen molar-refractivity contribution in [2.45, 2.75) is 13.3 Å². The number of aromatic nitrogens is 2. The molecule has 0 unspecified atom stereocenters. The molecule has 0 N–H and O–H groups in total. The van der Waals surface area contributed by atoms with Crippen molar-refractivity contribution in [2.24, 2.45) is 0 Å². The van der Waals surface area contributed by atoms with Gasteiger partial charge in [-0.1, -0.05) is 29.3 Å². The predicted molar refractivity (Wildman–Crippen MR) is 94.1 cm³/mol. The van der Waals surface area contributed by atoms with Gasteiger partial charge in [0.05, 0.1) is 18.7 Å². The van der Waals surface area contributed by atoms with Crippen molar-refractivity contribution in [2.75, 3.05) is 20.2 Å². The number of carbonyl (C=O) groups is 1.